The first kappa shape index (κ1) is 17.9. The molecule has 0 saturated carbocycles. The molecule has 0 aliphatic rings. The molecule has 0 amide bonds. The summed E-state index contributed by atoms with van der Waals surface area (Å²) in [5.74, 6) is 2.93. The van der Waals surface area contributed by atoms with Gasteiger partial charge < -0.3 is 18.9 Å². The van der Waals surface area contributed by atoms with Crippen LogP contribution in [0.5, 0.6) is 23.0 Å². The van der Waals surface area contributed by atoms with E-state index in [0.29, 0.717) is 12.4 Å². The maximum absolute atomic E-state index is 6.00. The zero-order valence-corrected chi connectivity index (χ0v) is 15.6. The summed E-state index contributed by atoms with van der Waals surface area (Å²) in [5, 5.41) is 1.78. The van der Waals surface area contributed by atoms with Gasteiger partial charge in [0, 0.05) is 11.5 Å². The van der Waals surface area contributed by atoms with Gasteiger partial charge in [-0.05, 0) is 37.6 Å². The molecule has 0 heterocycles. The first-order valence-corrected chi connectivity index (χ1v) is 8.64. The molecule has 0 bridgehead atoms. The Morgan fingerprint density at radius 3 is 2.15 bits per heavy atom. The van der Waals surface area contributed by atoms with Gasteiger partial charge in [0.05, 0.1) is 25.7 Å². The van der Waals surface area contributed by atoms with Crippen molar-refractivity contribution >= 4 is 10.8 Å². The van der Waals surface area contributed by atoms with Gasteiger partial charge in [-0.25, -0.2) is 0 Å². The second kappa shape index (κ2) is 8.00. The lowest BCUT2D eigenvalue weighted by atomic mass is 10.1. The smallest absolute Gasteiger partial charge is 0.134 e. The van der Waals surface area contributed by atoms with Crippen LogP contribution in [0.1, 0.15) is 19.4 Å². The van der Waals surface area contributed by atoms with Crippen molar-refractivity contribution in [3.63, 3.8) is 0 Å². The number of fused-ring (bicyclic) bond motifs is 1. The standard InChI is InChI=1S/C22H24O4/c1-15(2)26-19-10-11-20(23-3)22-18(19)12-17(13-21(22)24-4)25-14-16-8-6-5-7-9-16/h5-13,15H,14H2,1-4H3. The molecule has 0 saturated heterocycles. The number of hydrogen-bond donors (Lipinski definition) is 0. The molecule has 0 unspecified atom stereocenters. The van der Waals surface area contributed by atoms with E-state index in [-0.39, 0.29) is 6.10 Å². The summed E-state index contributed by atoms with van der Waals surface area (Å²) < 4.78 is 23.1. The van der Waals surface area contributed by atoms with E-state index in [9.17, 15) is 0 Å². The predicted molar refractivity (Wildman–Crippen MR) is 104 cm³/mol. The predicted octanol–water partition coefficient (Wildman–Crippen LogP) is 5.22. The molecule has 0 spiro atoms. The van der Waals surface area contributed by atoms with Crippen LogP contribution >= 0.6 is 0 Å². The molecule has 3 rings (SSSR count). The number of ether oxygens (including phenoxy) is 4. The lowest BCUT2D eigenvalue weighted by molar-refractivity contribution is 0.245. The van der Waals surface area contributed by atoms with Gasteiger partial charge >= 0.3 is 0 Å². The van der Waals surface area contributed by atoms with E-state index < -0.39 is 0 Å². The summed E-state index contributed by atoms with van der Waals surface area (Å²) >= 11 is 0. The van der Waals surface area contributed by atoms with Gasteiger partial charge in [0.15, 0.2) is 0 Å². The molecule has 0 N–H and O–H groups in total. The van der Waals surface area contributed by atoms with Crippen LogP contribution in [0.3, 0.4) is 0 Å². The van der Waals surface area contributed by atoms with E-state index in [2.05, 4.69) is 0 Å². The van der Waals surface area contributed by atoms with Gasteiger partial charge in [0.1, 0.15) is 29.6 Å². The third-order valence-electron chi connectivity index (χ3n) is 4.02. The second-order valence-corrected chi connectivity index (χ2v) is 6.25. The molecule has 0 atom stereocenters. The molecule has 3 aromatic carbocycles. The fraction of sp³-hybridized carbons (Fsp3) is 0.273. The van der Waals surface area contributed by atoms with E-state index in [1.54, 1.807) is 14.2 Å². The summed E-state index contributed by atoms with van der Waals surface area (Å²) in [6, 6.07) is 17.7. The molecule has 3 aromatic rings. The normalized spacial score (nSPS) is 10.8. The zero-order valence-electron chi connectivity index (χ0n) is 15.6. The van der Waals surface area contributed by atoms with E-state index in [1.807, 2.05) is 68.4 Å². The average Bonchev–Trinajstić information content (AvgIpc) is 2.66. The lowest BCUT2D eigenvalue weighted by Crippen LogP contribution is -2.06. The Hall–Kier alpha value is -2.88. The van der Waals surface area contributed by atoms with Crippen LogP contribution < -0.4 is 18.9 Å². The van der Waals surface area contributed by atoms with Crippen molar-refractivity contribution in [2.75, 3.05) is 14.2 Å². The first-order chi connectivity index (χ1) is 12.6. The fourth-order valence-corrected chi connectivity index (χ4v) is 2.88. The zero-order chi connectivity index (χ0) is 18.5. The van der Waals surface area contributed by atoms with Gasteiger partial charge in [-0.3, -0.25) is 0 Å². The molecule has 0 aromatic heterocycles. The average molecular weight is 352 g/mol. The van der Waals surface area contributed by atoms with Gasteiger partial charge in [0.2, 0.25) is 0 Å². The highest BCUT2D eigenvalue weighted by Gasteiger charge is 2.16. The maximum Gasteiger partial charge on any atom is 0.134 e. The lowest BCUT2D eigenvalue weighted by Gasteiger charge is -2.17. The molecular weight excluding hydrogens is 328 g/mol. The van der Waals surface area contributed by atoms with Gasteiger partial charge in [0.25, 0.3) is 0 Å². The van der Waals surface area contributed by atoms with E-state index in [4.69, 9.17) is 18.9 Å². The topological polar surface area (TPSA) is 36.9 Å². The van der Waals surface area contributed by atoms with Crippen molar-refractivity contribution < 1.29 is 18.9 Å². The summed E-state index contributed by atoms with van der Waals surface area (Å²) in [7, 11) is 3.29. The maximum atomic E-state index is 6.00. The van der Waals surface area contributed by atoms with Gasteiger partial charge in [-0.15, -0.1) is 0 Å². The molecule has 4 heteroatoms. The minimum atomic E-state index is 0.0616. The van der Waals surface area contributed by atoms with E-state index >= 15 is 0 Å². The van der Waals surface area contributed by atoms with Crippen molar-refractivity contribution in [1.82, 2.24) is 0 Å². The molecule has 0 radical (unpaired) electrons. The Morgan fingerprint density at radius 2 is 1.50 bits per heavy atom. The van der Waals surface area contributed by atoms with Crippen LogP contribution in [-0.4, -0.2) is 20.3 Å². The van der Waals surface area contributed by atoms with Crippen LogP contribution in [0.25, 0.3) is 10.8 Å². The van der Waals surface area contributed by atoms with E-state index in [0.717, 1.165) is 33.6 Å². The third kappa shape index (κ3) is 3.85. The van der Waals surface area contributed by atoms with Crippen LogP contribution in [0.15, 0.2) is 54.6 Å². The highest BCUT2D eigenvalue weighted by atomic mass is 16.5. The van der Waals surface area contributed by atoms with Crippen LogP contribution in [0.2, 0.25) is 0 Å². The molecule has 0 fully saturated rings. The molecule has 4 nitrogen and oxygen atoms in total. The highest BCUT2D eigenvalue weighted by molar-refractivity contribution is 5.99. The Bertz CT molecular complexity index is 872. The van der Waals surface area contributed by atoms with Gasteiger partial charge in [-0.1, -0.05) is 30.3 Å². The van der Waals surface area contributed by atoms with Crippen molar-refractivity contribution in [1.29, 1.82) is 0 Å². The van der Waals surface area contributed by atoms with Crippen LogP contribution in [-0.2, 0) is 6.61 Å². The summed E-state index contributed by atoms with van der Waals surface area (Å²) in [4.78, 5) is 0. The molecular formula is C22H24O4. The largest absolute Gasteiger partial charge is 0.496 e. The highest BCUT2D eigenvalue weighted by Crippen LogP contribution is 2.42. The Labute approximate surface area is 154 Å². The summed E-state index contributed by atoms with van der Waals surface area (Å²) in [6.07, 6.45) is 0.0616. The molecule has 26 heavy (non-hydrogen) atoms. The summed E-state index contributed by atoms with van der Waals surface area (Å²) in [5.41, 5.74) is 1.11. The quantitative estimate of drug-likeness (QED) is 0.584. The summed E-state index contributed by atoms with van der Waals surface area (Å²) in [6.45, 7) is 4.49. The Morgan fingerprint density at radius 1 is 0.808 bits per heavy atom. The third-order valence-corrected chi connectivity index (χ3v) is 4.02. The van der Waals surface area contributed by atoms with Crippen LogP contribution in [0, 0.1) is 0 Å². The van der Waals surface area contributed by atoms with Gasteiger partial charge in [-0.2, -0.15) is 0 Å². The minimum Gasteiger partial charge on any atom is -0.496 e. The molecule has 0 aliphatic heterocycles. The van der Waals surface area contributed by atoms with Crippen molar-refractivity contribution in [3.05, 3.63) is 60.2 Å². The van der Waals surface area contributed by atoms with Crippen molar-refractivity contribution in [3.8, 4) is 23.0 Å². The second-order valence-electron chi connectivity index (χ2n) is 6.25. The van der Waals surface area contributed by atoms with Crippen LogP contribution in [0.4, 0.5) is 0 Å². The molecule has 0 aliphatic carbocycles. The SMILES string of the molecule is COc1ccc(OC(C)C)c2cc(OCc3ccccc3)cc(OC)c12. The van der Waals surface area contributed by atoms with Crippen molar-refractivity contribution in [2.45, 2.75) is 26.6 Å². The fourth-order valence-electron chi connectivity index (χ4n) is 2.88. The minimum absolute atomic E-state index is 0.0616. The Kier molecular flexibility index (Phi) is 5.52. The number of rotatable bonds is 7. The number of hydrogen-bond acceptors (Lipinski definition) is 4. The van der Waals surface area contributed by atoms with E-state index in [1.165, 1.54) is 0 Å². The molecule has 136 valence electrons. The number of benzene rings is 3. The Balaban J connectivity index is 2.05. The number of methoxy groups -OCH3 is 2. The van der Waals surface area contributed by atoms with Crippen molar-refractivity contribution in [2.24, 2.45) is 0 Å². The first-order valence-electron chi connectivity index (χ1n) is 8.64. The monoisotopic (exact) mass is 352 g/mol.